The van der Waals surface area contributed by atoms with Gasteiger partial charge in [-0.3, -0.25) is 4.79 Å². The van der Waals surface area contributed by atoms with Gasteiger partial charge in [0.15, 0.2) is 5.11 Å². The second-order valence-corrected chi connectivity index (χ2v) is 5.94. The van der Waals surface area contributed by atoms with Crippen molar-refractivity contribution in [3.8, 4) is 5.75 Å². The Morgan fingerprint density at radius 1 is 1.08 bits per heavy atom. The maximum atomic E-state index is 11.8. The first-order chi connectivity index (χ1) is 11.7. The van der Waals surface area contributed by atoms with Gasteiger partial charge in [0.05, 0.1) is 6.61 Å². The van der Waals surface area contributed by atoms with E-state index in [9.17, 15) is 4.79 Å². The number of hydrogen-bond acceptors (Lipinski definition) is 4. The third kappa shape index (κ3) is 9.47. The molecule has 0 radical (unpaired) electrons. The summed E-state index contributed by atoms with van der Waals surface area (Å²) in [5.74, 6) is 0.725. The highest BCUT2D eigenvalue weighted by Crippen LogP contribution is 2.15. The number of methoxy groups -OCH3 is 1. The van der Waals surface area contributed by atoms with E-state index >= 15 is 0 Å². The fourth-order valence-corrected chi connectivity index (χ4v) is 2.35. The average Bonchev–Trinajstić information content (AvgIpc) is 2.56. The lowest BCUT2D eigenvalue weighted by atomic mass is 10.1. The number of unbranched alkanes of at least 4 members (excludes halogenated alkanes) is 4. The van der Waals surface area contributed by atoms with Gasteiger partial charge < -0.3 is 20.1 Å². The van der Waals surface area contributed by atoms with Crippen LogP contribution in [-0.4, -0.2) is 31.3 Å². The van der Waals surface area contributed by atoms with Crippen LogP contribution in [0.15, 0.2) is 24.3 Å². The molecular weight excluding hydrogens is 324 g/mol. The van der Waals surface area contributed by atoms with Crippen LogP contribution in [0.25, 0.3) is 0 Å². The van der Waals surface area contributed by atoms with E-state index in [4.69, 9.17) is 21.7 Å². The van der Waals surface area contributed by atoms with E-state index in [1.165, 1.54) is 19.3 Å². The zero-order valence-electron chi connectivity index (χ0n) is 14.6. The molecule has 0 aliphatic carbocycles. The quantitative estimate of drug-likeness (QED) is 0.467. The van der Waals surface area contributed by atoms with Crippen LogP contribution in [0.4, 0.5) is 5.69 Å². The van der Waals surface area contributed by atoms with E-state index in [1.807, 2.05) is 24.3 Å². The molecule has 0 atom stereocenters. The van der Waals surface area contributed by atoms with E-state index in [0.29, 0.717) is 24.7 Å². The molecule has 0 saturated carbocycles. The number of carbonyl (C=O) groups excluding carboxylic acids is 1. The van der Waals surface area contributed by atoms with Crippen molar-refractivity contribution in [1.29, 1.82) is 0 Å². The smallest absolute Gasteiger partial charge is 0.226 e. The van der Waals surface area contributed by atoms with Crippen LogP contribution in [0.1, 0.15) is 45.4 Å². The Balaban J connectivity index is 2.25. The van der Waals surface area contributed by atoms with Crippen LogP contribution in [0.5, 0.6) is 5.75 Å². The molecule has 0 aliphatic heterocycles. The molecule has 1 amide bonds. The maximum Gasteiger partial charge on any atom is 0.226 e. The highest BCUT2D eigenvalue weighted by molar-refractivity contribution is 7.80. The summed E-state index contributed by atoms with van der Waals surface area (Å²) in [5, 5.41) is 6.03. The summed E-state index contributed by atoms with van der Waals surface area (Å²) >= 11 is 5.16. The molecule has 0 spiro atoms. The Bertz CT molecular complexity index is 492. The number of anilines is 1. The van der Waals surface area contributed by atoms with Crippen LogP contribution in [-0.2, 0) is 9.53 Å². The average molecular weight is 353 g/mol. The van der Waals surface area contributed by atoms with Crippen molar-refractivity contribution in [2.45, 2.75) is 45.4 Å². The van der Waals surface area contributed by atoms with Gasteiger partial charge in [0.25, 0.3) is 0 Å². The third-order valence-electron chi connectivity index (χ3n) is 3.43. The van der Waals surface area contributed by atoms with Gasteiger partial charge in [-0.15, -0.1) is 0 Å². The van der Waals surface area contributed by atoms with Crippen LogP contribution < -0.4 is 15.4 Å². The van der Waals surface area contributed by atoms with Gasteiger partial charge in [-0.1, -0.05) is 32.6 Å². The fourth-order valence-electron chi connectivity index (χ4n) is 2.12. The van der Waals surface area contributed by atoms with Crippen LogP contribution >= 0.6 is 12.2 Å². The number of rotatable bonds is 11. The zero-order chi connectivity index (χ0) is 17.6. The molecule has 0 heterocycles. The molecule has 0 saturated heterocycles. The van der Waals surface area contributed by atoms with Crippen LogP contribution in [0.2, 0.25) is 0 Å². The van der Waals surface area contributed by atoms with Crippen molar-refractivity contribution >= 4 is 28.9 Å². The molecule has 0 aliphatic rings. The highest BCUT2D eigenvalue weighted by Gasteiger charge is 2.05. The minimum atomic E-state index is -0.0384. The molecular formula is C18H28N2O3S. The van der Waals surface area contributed by atoms with E-state index in [-0.39, 0.29) is 5.91 Å². The molecule has 24 heavy (non-hydrogen) atoms. The number of amides is 1. The van der Waals surface area contributed by atoms with E-state index in [0.717, 1.165) is 24.3 Å². The number of benzene rings is 1. The molecule has 134 valence electrons. The van der Waals surface area contributed by atoms with Gasteiger partial charge >= 0.3 is 0 Å². The van der Waals surface area contributed by atoms with Gasteiger partial charge in [0.2, 0.25) is 5.91 Å². The highest BCUT2D eigenvalue weighted by atomic mass is 32.1. The number of nitrogens with one attached hydrogen (secondary N) is 2. The molecule has 1 aromatic rings. The Labute approximate surface area is 150 Å². The largest absolute Gasteiger partial charge is 0.491 e. The van der Waals surface area contributed by atoms with Crippen LogP contribution in [0, 0.1) is 0 Å². The number of hydrogen-bond donors (Lipinski definition) is 2. The summed E-state index contributed by atoms with van der Waals surface area (Å²) in [6.07, 6.45) is 6.13. The first-order valence-electron chi connectivity index (χ1n) is 8.48. The summed E-state index contributed by atoms with van der Waals surface area (Å²) in [7, 11) is 1.64. The summed E-state index contributed by atoms with van der Waals surface area (Å²) in [4.78, 5) is 11.8. The van der Waals surface area contributed by atoms with Crippen molar-refractivity contribution in [3.63, 3.8) is 0 Å². The van der Waals surface area contributed by atoms with E-state index in [2.05, 4.69) is 17.6 Å². The van der Waals surface area contributed by atoms with Crippen molar-refractivity contribution in [2.24, 2.45) is 0 Å². The van der Waals surface area contributed by atoms with Gasteiger partial charge in [-0.25, -0.2) is 0 Å². The SMILES string of the molecule is CCCCCCCC(=O)NC(=S)Nc1ccc(OCCOC)cc1. The lowest BCUT2D eigenvalue weighted by Gasteiger charge is -2.10. The molecule has 5 nitrogen and oxygen atoms in total. The minimum absolute atomic E-state index is 0.0384. The summed E-state index contributed by atoms with van der Waals surface area (Å²) in [6, 6.07) is 7.39. The lowest BCUT2D eigenvalue weighted by Crippen LogP contribution is -2.33. The Hall–Kier alpha value is -1.66. The second kappa shape index (κ2) is 12.7. The Kier molecular flexibility index (Phi) is 10.8. The zero-order valence-corrected chi connectivity index (χ0v) is 15.4. The summed E-state index contributed by atoms with van der Waals surface area (Å²) < 4.78 is 10.4. The molecule has 0 aromatic heterocycles. The van der Waals surface area contributed by atoms with Crippen LogP contribution in [0.3, 0.4) is 0 Å². The minimum Gasteiger partial charge on any atom is -0.491 e. The normalized spacial score (nSPS) is 10.2. The monoisotopic (exact) mass is 352 g/mol. The molecule has 0 unspecified atom stereocenters. The summed E-state index contributed by atoms with van der Waals surface area (Å²) in [5.41, 5.74) is 0.808. The molecule has 0 fully saturated rings. The Morgan fingerprint density at radius 2 is 1.79 bits per heavy atom. The van der Waals surface area contributed by atoms with E-state index in [1.54, 1.807) is 7.11 Å². The van der Waals surface area contributed by atoms with Crippen molar-refractivity contribution in [1.82, 2.24) is 5.32 Å². The lowest BCUT2D eigenvalue weighted by molar-refractivity contribution is -0.119. The predicted molar refractivity (Wildman–Crippen MR) is 102 cm³/mol. The molecule has 2 N–H and O–H groups in total. The molecule has 1 aromatic carbocycles. The maximum absolute atomic E-state index is 11.8. The topological polar surface area (TPSA) is 59.6 Å². The van der Waals surface area contributed by atoms with Crippen molar-refractivity contribution < 1.29 is 14.3 Å². The standard InChI is InChI=1S/C18H28N2O3S/c1-3-4-5-6-7-8-17(21)20-18(24)19-15-9-11-16(12-10-15)23-14-13-22-2/h9-12H,3-8,13-14H2,1-2H3,(H2,19,20,21,24). The van der Waals surface area contributed by atoms with Gasteiger partial charge in [0, 0.05) is 19.2 Å². The molecule has 1 rings (SSSR count). The number of thiocarbonyl (C=S) groups is 1. The molecule has 0 bridgehead atoms. The van der Waals surface area contributed by atoms with E-state index < -0.39 is 0 Å². The number of ether oxygens (including phenoxy) is 2. The fraction of sp³-hybridized carbons (Fsp3) is 0.556. The van der Waals surface area contributed by atoms with Gasteiger partial charge in [-0.05, 0) is 42.9 Å². The second-order valence-electron chi connectivity index (χ2n) is 5.53. The summed E-state index contributed by atoms with van der Waals surface area (Å²) in [6.45, 7) is 3.24. The van der Waals surface area contributed by atoms with Gasteiger partial charge in [0.1, 0.15) is 12.4 Å². The first kappa shape index (κ1) is 20.4. The van der Waals surface area contributed by atoms with Crippen molar-refractivity contribution in [3.05, 3.63) is 24.3 Å². The van der Waals surface area contributed by atoms with Crippen molar-refractivity contribution in [2.75, 3.05) is 25.6 Å². The Morgan fingerprint density at radius 3 is 2.46 bits per heavy atom. The van der Waals surface area contributed by atoms with Gasteiger partial charge in [-0.2, -0.15) is 0 Å². The predicted octanol–water partition coefficient (Wildman–Crippen LogP) is 3.89. The molecule has 6 heteroatoms. The third-order valence-corrected chi connectivity index (χ3v) is 3.63. The first-order valence-corrected chi connectivity index (χ1v) is 8.89. The number of carbonyl (C=O) groups is 1.